The molecule has 5 nitrogen and oxygen atoms in total. The molecule has 140 valence electrons. The van der Waals surface area contributed by atoms with Gasteiger partial charge in [0, 0.05) is 5.33 Å². The number of halogens is 1. The molecule has 6 heteroatoms. The number of β-lactam (4-membered cyclic amide) rings is 1. The third-order valence-corrected chi connectivity index (χ3v) is 5.30. The van der Waals surface area contributed by atoms with Gasteiger partial charge < -0.3 is 15.4 Å². The van der Waals surface area contributed by atoms with Crippen LogP contribution in [0.15, 0.2) is 71.9 Å². The first-order valence-electron chi connectivity index (χ1n) is 8.66. The Morgan fingerprint density at radius 3 is 2.07 bits per heavy atom. The molecule has 1 heterocycles. The van der Waals surface area contributed by atoms with E-state index in [9.17, 15) is 9.59 Å². The molecule has 2 aromatic carbocycles. The molecule has 0 bridgehead atoms. The van der Waals surface area contributed by atoms with E-state index in [4.69, 9.17) is 10.5 Å². The zero-order chi connectivity index (χ0) is 19.4. The van der Waals surface area contributed by atoms with Gasteiger partial charge in [0.1, 0.15) is 11.7 Å². The molecule has 1 aliphatic heterocycles. The molecule has 1 aliphatic rings. The number of carbonyl (C=O) groups excluding carboxylic acids is 2. The van der Waals surface area contributed by atoms with Crippen LogP contribution in [0.1, 0.15) is 24.2 Å². The minimum Gasteiger partial charge on any atom is -0.448 e. The van der Waals surface area contributed by atoms with Gasteiger partial charge >= 0.3 is 5.97 Å². The summed E-state index contributed by atoms with van der Waals surface area (Å²) < 4.78 is 5.90. The zero-order valence-electron chi connectivity index (χ0n) is 15.0. The first-order chi connectivity index (χ1) is 13.0. The van der Waals surface area contributed by atoms with E-state index >= 15 is 0 Å². The van der Waals surface area contributed by atoms with Crippen molar-refractivity contribution in [2.75, 3.05) is 11.9 Å². The summed E-state index contributed by atoms with van der Waals surface area (Å²) in [6, 6.07) is 18.5. The Kier molecular flexibility index (Phi) is 6.08. The monoisotopic (exact) mass is 428 g/mol. The van der Waals surface area contributed by atoms with Gasteiger partial charge in [-0.3, -0.25) is 4.79 Å². The highest BCUT2D eigenvalue weighted by molar-refractivity contribution is 9.09. The maximum atomic E-state index is 13.1. The van der Waals surface area contributed by atoms with E-state index < -0.39 is 18.1 Å². The molecule has 1 amide bonds. The topological polar surface area (TPSA) is 72.6 Å². The van der Waals surface area contributed by atoms with Crippen LogP contribution in [0.3, 0.4) is 0 Å². The number of alkyl halides is 1. The van der Waals surface area contributed by atoms with Crippen LogP contribution in [0, 0.1) is 0 Å². The molecule has 3 rings (SSSR count). The number of nitrogens with zero attached hydrogens (tertiary/aromatic N) is 1. The summed E-state index contributed by atoms with van der Waals surface area (Å²) in [5.41, 5.74) is 8.40. The van der Waals surface area contributed by atoms with E-state index in [-0.39, 0.29) is 11.6 Å². The lowest BCUT2D eigenvalue weighted by molar-refractivity contribution is -0.151. The van der Waals surface area contributed by atoms with Gasteiger partial charge in [0.15, 0.2) is 6.10 Å². The fourth-order valence-electron chi connectivity index (χ4n) is 2.98. The van der Waals surface area contributed by atoms with Crippen molar-refractivity contribution in [3.8, 4) is 0 Å². The number of benzene rings is 2. The van der Waals surface area contributed by atoms with E-state index in [2.05, 4.69) is 15.9 Å². The predicted octanol–water partition coefficient (Wildman–Crippen LogP) is 3.16. The fraction of sp³-hybridized carbons (Fsp3) is 0.238. The van der Waals surface area contributed by atoms with Crippen LogP contribution in [0.5, 0.6) is 0 Å². The number of amides is 1. The van der Waals surface area contributed by atoms with E-state index in [1.54, 1.807) is 6.92 Å². The van der Waals surface area contributed by atoms with Gasteiger partial charge in [0.25, 0.3) is 0 Å². The smallest absolute Gasteiger partial charge is 0.355 e. The highest BCUT2D eigenvalue weighted by atomic mass is 79.9. The lowest BCUT2D eigenvalue weighted by Crippen LogP contribution is -2.61. The van der Waals surface area contributed by atoms with Crippen molar-refractivity contribution in [3.05, 3.63) is 83.1 Å². The van der Waals surface area contributed by atoms with Crippen LogP contribution in [0.4, 0.5) is 0 Å². The van der Waals surface area contributed by atoms with Crippen LogP contribution in [0.25, 0.3) is 0 Å². The zero-order valence-corrected chi connectivity index (χ0v) is 16.6. The van der Waals surface area contributed by atoms with Crippen LogP contribution < -0.4 is 5.73 Å². The van der Waals surface area contributed by atoms with E-state index in [1.165, 1.54) is 4.90 Å². The van der Waals surface area contributed by atoms with Crippen molar-refractivity contribution < 1.29 is 14.3 Å². The van der Waals surface area contributed by atoms with Crippen molar-refractivity contribution in [1.29, 1.82) is 0 Å². The van der Waals surface area contributed by atoms with Gasteiger partial charge in [-0.05, 0) is 23.6 Å². The van der Waals surface area contributed by atoms with Crippen LogP contribution >= 0.6 is 15.9 Å². The summed E-state index contributed by atoms with van der Waals surface area (Å²) in [4.78, 5) is 26.5. The Bertz CT molecular complexity index is 813. The first-order valence-corrected chi connectivity index (χ1v) is 9.78. The molecule has 0 saturated carbocycles. The highest BCUT2D eigenvalue weighted by Crippen LogP contribution is 2.29. The molecular weight excluding hydrogens is 408 g/mol. The maximum Gasteiger partial charge on any atom is 0.355 e. The third kappa shape index (κ3) is 4.12. The van der Waals surface area contributed by atoms with E-state index in [0.29, 0.717) is 11.9 Å². The summed E-state index contributed by atoms with van der Waals surface area (Å²) in [5.74, 6) is -0.803. The third-order valence-electron chi connectivity index (χ3n) is 4.46. The van der Waals surface area contributed by atoms with Gasteiger partial charge in [-0.2, -0.15) is 0 Å². The number of hydrogen-bond acceptors (Lipinski definition) is 4. The SMILES string of the molecule is CC(CBr)=C(C(=O)OC(c1ccccc1)c1ccccc1)N1CC(N)C1=O. The molecule has 0 spiro atoms. The van der Waals surface area contributed by atoms with Crippen molar-refractivity contribution in [3.63, 3.8) is 0 Å². The molecule has 2 N–H and O–H groups in total. The van der Waals surface area contributed by atoms with Gasteiger partial charge in [-0.15, -0.1) is 0 Å². The lowest BCUT2D eigenvalue weighted by Gasteiger charge is -2.37. The second kappa shape index (κ2) is 8.50. The van der Waals surface area contributed by atoms with Crippen molar-refractivity contribution in [2.24, 2.45) is 5.73 Å². The molecule has 1 unspecified atom stereocenters. The molecule has 0 radical (unpaired) electrons. The Labute approximate surface area is 166 Å². The minimum atomic E-state index is -0.567. The normalized spacial score (nSPS) is 17.4. The van der Waals surface area contributed by atoms with Crippen LogP contribution in [-0.4, -0.2) is 34.7 Å². The molecule has 27 heavy (non-hydrogen) atoms. The summed E-state index contributed by atoms with van der Waals surface area (Å²) in [7, 11) is 0. The van der Waals surface area contributed by atoms with Gasteiger partial charge in [-0.25, -0.2) is 4.79 Å². The lowest BCUT2D eigenvalue weighted by atomic mass is 10.0. The Hall–Kier alpha value is -2.44. The average Bonchev–Trinajstić information content (AvgIpc) is 2.72. The average molecular weight is 429 g/mol. The number of carbonyl (C=O) groups is 2. The molecule has 2 aromatic rings. The van der Waals surface area contributed by atoms with Gasteiger partial charge in [0.05, 0.1) is 6.54 Å². The van der Waals surface area contributed by atoms with E-state index in [1.807, 2.05) is 60.7 Å². The van der Waals surface area contributed by atoms with Crippen molar-refractivity contribution in [1.82, 2.24) is 4.90 Å². The van der Waals surface area contributed by atoms with Crippen molar-refractivity contribution >= 4 is 27.8 Å². The summed E-state index contributed by atoms with van der Waals surface area (Å²) in [6.07, 6.45) is -0.567. The molecule has 0 aromatic heterocycles. The second-order valence-electron chi connectivity index (χ2n) is 6.42. The molecular formula is C21H21BrN2O3. The number of rotatable bonds is 6. The molecule has 0 aliphatic carbocycles. The predicted molar refractivity (Wildman–Crippen MR) is 107 cm³/mol. The fourth-order valence-corrected chi connectivity index (χ4v) is 3.24. The molecule has 1 fully saturated rings. The van der Waals surface area contributed by atoms with Crippen LogP contribution in [-0.2, 0) is 14.3 Å². The standard InChI is InChI=1S/C21H21BrN2O3/c1-14(12-22)18(24-13-17(23)20(24)25)21(26)27-19(15-8-4-2-5-9-15)16-10-6-3-7-11-16/h2-11,17,19H,12-13,23H2,1H3. The van der Waals surface area contributed by atoms with Gasteiger partial charge in [-0.1, -0.05) is 76.6 Å². The summed E-state index contributed by atoms with van der Waals surface area (Å²) in [5, 5.41) is 0.456. The van der Waals surface area contributed by atoms with E-state index in [0.717, 1.165) is 16.7 Å². The maximum absolute atomic E-state index is 13.1. The molecule has 1 atom stereocenters. The van der Waals surface area contributed by atoms with Gasteiger partial charge in [0.2, 0.25) is 5.91 Å². The van der Waals surface area contributed by atoms with Crippen LogP contribution in [0.2, 0.25) is 0 Å². The summed E-state index contributed by atoms with van der Waals surface area (Å²) >= 11 is 3.36. The molecule has 1 saturated heterocycles. The number of hydrogen-bond donors (Lipinski definition) is 1. The number of likely N-dealkylation sites (tertiary alicyclic amines) is 1. The number of nitrogens with two attached hydrogens (primary N) is 1. The number of ether oxygens (including phenoxy) is 1. The Morgan fingerprint density at radius 2 is 1.67 bits per heavy atom. The summed E-state index contributed by atoms with van der Waals surface area (Å²) in [6.45, 7) is 2.11. The number of esters is 1. The number of allylic oxidation sites excluding steroid dienone is 1. The Morgan fingerprint density at radius 1 is 1.15 bits per heavy atom. The second-order valence-corrected chi connectivity index (χ2v) is 6.99. The highest BCUT2D eigenvalue weighted by Gasteiger charge is 2.40. The quantitative estimate of drug-likeness (QED) is 0.332. The largest absolute Gasteiger partial charge is 0.448 e. The Balaban J connectivity index is 1.93. The minimum absolute atomic E-state index is 0.260. The van der Waals surface area contributed by atoms with Crippen molar-refractivity contribution in [2.45, 2.75) is 19.1 Å². The first kappa shape index (κ1) is 19.3.